The second-order valence-corrected chi connectivity index (χ2v) is 8.01. The number of nitrogens with zero attached hydrogens (tertiary/aromatic N) is 5. The number of rotatable bonds is 5. The number of anilines is 2. The van der Waals surface area contributed by atoms with Crippen LogP contribution in [0.4, 0.5) is 11.8 Å². The summed E-state index contributed by atoms with van der Waals surface area (Å²) in [5.74, 6) is 1.82. The molecule has 6 rings (SSSR count). The first-order valence-corrected chi connectivity index (χ1v) is 10.4. The van der Waals surface area contributed by atoms with E-state index >= 15 is 0 Å². The van der Waals surface area contributed by atoms with Crippen molar-refractivity contribution in [2.24, 2.45) is 0 Å². The van der Waals surface area contributed by atoms with Gasteiger partial charge in [0.05, 0.1) is 5.69 Å². The van der Waals surface area contributed by atoms with E-state index in [1.807, 2.05) is 48.9 Å². The van der Waals surface area contributed by atoms with Crippen LogP contribution in [0.2, 0.25) is 0 Å². The molecule has 0 spiro atoms. The average Bonchev–Trinajstić information content (AvgIpc) is 3.55. The normalized spacial score (nSPS) is 20.2. The number of fused-ring (bicyclic) bond motifs is 3. The predicted octanol–water partition coefficient (Wildman–Crippen LogP) is 2.95. The molecule has 3 aromatic heterocycles. The van der Waals surface area contributed by atoms with Crippen molar-refractivity contribution in [3.63, 3.8) is 0 Å². The Kier molecular flexibility index (Phi) is 4.12. The fourth-order valence-corrected chi connectivity index (χ4v) is 4.54. The van der Waals surface area contributed by atoms with Crippen LogP contribution in [-0.2, 0) is 6.54 Å². The van der Waals surface area contributed by atoms with Crippen molar-refractivity contribution < 1.29 is 0 Å². The molecule has 2 saturated heterocycles. The molecule has 4 aromatic rings. The van der Waals surface area contributed by atoms with Gasteiger partial charge in [-0.3, -0.25) is 4.40 Å². The summed E-state index contributed by atoms with van der Waals surface area (Å²) in [5.41, 5.74) is 4.10. The van der Waals surface area contributed by atoms with Crippen LogP contribution < -0.4 is 15.5 Å². The minimum Gasteiger partial charge on any atom is -0.366 e. The highest BCUT2D eigenvalue weighted by molar-refractivity contribution is 5.68. The molecule has 0 aliphatic carbocycles. The Morgan fingerprint density at radius 3 is 2.83 bits per heavy atom. The summed E-state index contributed by atoms with van der Waals surface area (Å²) < 4.78 is 2.10. The number of pyridine rings is 1. The third kappa shape index (κ3) is 3.07. The first-order chi connectivity index (χ1) is 14.8. The van der Waals surface area contributed by atoms with Crippen LogP contribution in [0.25, 0.3) is 16.9 Å². The zero-order valence-corrected chi connectivity index (χ0v) is 16.6. The lowest BCUT2D eigenvalue weighted by molar-refractivity contribution is 0.570. The Hall–Kier alpha value is -3.45. The standard InChI is InChI=1S/C23H23N7/c1-2-4-16(5-3-1)13-27-21-10-17(6-7-24-21)20-12-22-25-8-9-29(22)23(28-20)30-15-18-11-19(30)14-26-18/h1-10,12,18-19,26H,11,13-15H2,(H,24,27)/t18-,19-/m0/s1. The van der Waals surface area contributed by atoms with Crippen LogP contribution in [0, 0.1) is 0 Å². The summed E-state index contributed by atoms with van der Waals surface area (Å²) in [4.78, 5) is 16.5. The molecular weight excluding hydrogens is 374 g/mol. The number of piperazine rings is 1. The summed E-state index contributed by atoms with van der Waals surface area (Å²) in [6.07, 6.45) is 6.86. The Bertz CT molecular complexity index is 1190. The Morgan fingerprint density at radius 1 is 1.07 bits per heavy atom. The Balaban J connectivity index is 1.33. The molecule has 0 amide bonds. The fraction of sp³-hybridized carbons (Fsp3) is 0.261. The van der Waals surface area contributed by atoms with E-state index in [2.05, 4.69) is 48.1 Å². The number of benzene rings is 1. The Labute approximate surface area is 174 Å². The summed E-state index contributed by atoms with van der Waals surface area (Å²) in [6, 6.07) is 17.5. The lowest BCUT2D eigenvalue weighted by Gasteiger charge is -2.29. The van der Waals surface area contributed by atoms with Gasteiger partial charge in [-0.25, -0.2) is 15.0 Å². The third-order valence-corrected chi connectivity index (χ3v) is 6.06. The lowest BCUT2D eigenvalue weighted by atomic mass is 10.2. The monoisotopic (exact) mass is 397 g/mol. The fourth-order valence-electron chi connectivity index (χ4n) is 4.54. The topological polar surface area (TPSA) is 70.4 Å². The highest BCUT2D eigenvalue weighted by atomic mass is 15.4. The Morgan fingerprint density at radius 2 is 2.00 bits per heavy atom. The summed E-state index contributed by atoms with van der Waals surface area (Å²) in [5, 5.41) is 6.98. The highest BCUT2D eigenvalue weighted by Crippen LogP contribution is 2.31. The van der Waals surface area contributed by atoms with Crippen molar-refractivity contribution >= 4 is 17.4 Å². The predicted molar refractivity (Wildman–Crippen MR) is 118 cm³/mol. The van der Waals surface area contributed by atoms with Crippen LogP contribution in [0.1, 0.15) is 12.0 Å². The molecule has 7 heteroatoms. The molecular formula is C23H23N7. The number of hydrogen-bond donors (Lipinski definition) is 2. The van der Waals surface area contributed by atoms with Crippen molar-refractivity contribution in [2.45, 2.75) is 25.0 Å². The smallest absolute Gasteiger partial charge is 0.212 e. The quantitative estimate of drug-likeness (QED) is 0.540. The highest BCUT2D eigenvalue weighted by Gasteiger charge is 2.39. The molecule has 1 aromatic carbocycles. The van der Waals surface area contributed by atoms with Crippen molar-refractivity contribution in [1.82, 2.24) is 24.7 Å². The largest absolute Gasteiger partial charge is 0.366 e. The zero-order chi connectivity index (χ0) is 19.9. The maximum atomic E-state index is 5.07. The van der Waals surface area contributed by atoms with Gasteiger partial charge >= 0.3 is 0 Å². The van der Waals surface area contributed by atoms with Gasteiger partial charge in [-0.05, 0) is 24.1 Å². The van der Waals surface area contributed by atoms with Gasteiger partial charge in [-0.1, -0.05) is 30.3 Å². The van der Waals surface area contributed by atoms with Gasteiger partial charge in [0, 0.05) is 61.9 Å². The molecule has 5 heterocycles. The maximum absolute atomic E-state index is 5.07. The summed E-state index contributed by atoms with van der Waals surface area (Å²) in [7, 11) is 0. The SMILES string of the molecule is c1ccc(CNc2cc(-c3cc4nccn4c(N4C[C@@H]5C[C@H]4CN5)n3)ccn2)cc1. The summed E-state index contributed by atoms with van der Waals surface area (Å²) in [6.45, 7) is 2.75. The second kappa shape index (κ2) is 7.11. The number of aromatic nitrogens is 4. The molecule has 7 nitrogen and oxygen atoms in total. The lowest BCUT2D eigenvalue weighted by Crippen LogP contribution is -2.44. The van der Waals surface area contributed by atoms with Gasteiger partial charge < -0.3 is 15.5 Å². The third-order valence-electron chi connectivity index (χ3n) is 6.06. The van der Waals surface area contributed by atoms with Crippen LogP contribution in [0.15, 0.2) is 67.1 Å². The maximum Gasteiger partial charge on any atom is 0.212 e. The van der Waals surface area contributed by atoms with E-state index in [0.29, 0.717) is 12.1 Å². The molecule has 2 fully saturated rings. The van der Waals surface area contributed by atoms with Gasteiger partial charge in [0.25, 0.3) is 0 Å². The van der Waals surface area contributed by atoms with Crippen molar-refractivity contribution in [3.05, 3.63) is 72.7 Å². The van der Waals surface area contributed by atoms with Crippen molar-refractivity contribution in [3.8, 4) is 11.3 Å². The van der Waals surface area contributed by atoms with Crippen molar-refractivity contribution in [1.29, 1.82) is 0 Å². The van der Waals surface area contributed by atoms with Crippen LogP contribution in [-0.4, -0.2) is 44.5 Å². The van der Waals surface area contributed by atoms with E-state index in [-0.39, 0.29) is 0 Å². The van der Waals surface area contributed by atoms with Gasteiger partial charge in [0.15, 0.2) is 0 Å². The van der Waals surface area contributed by atoms with Crippen LogP contribution in [0.5, 0.6) is 0 Å². The molecule has 2 aliphatic heterocycles. The minimum atomic E-state index is 0.504. The molecule has 0 radical (unpaired) electrons. The molecule has 2 aliphatic rings. The molecule has 2 bridgehead atoms. The van der Waals surface area contributed by atoms with E-state index in [9.17, 15) is 0 Å². The minimum absolute atomic E-state index is 0.504. The molecule has 150 valence electrons. The first-order valence-electron chi connectivity index (χ1n) is 10.4. The van der Waals surface area contributed by atoms with E-state index < -0.39 is 0 Å². The molecule has 30 heavy (non-hydrogen) atoms. The van der Waals surface area contributed by atoms with Crippen LogP contribution >= 0.6 is 0 Å². The van der Waals surface area contributed by atoms with E-state index in [1.165, 1.54) is 12.0 Å². The molecule has 0 saturated carbocycles. The number of hydrogen-bond acceptors (Lipinski definition) is 6. The number of imidazole rings is 1. The molecule has 0 unspecified atom stereocenters. The average molecular weight is 397 g/mol. The first kappa shape index (κ1) is 17.4. The number of nitrogens with one attached hydrogen (secondary N) is 2. The van der Waals surface area contributed by atoms with E-state index in [4.69, 9.17) is 4.98 Å². The van der Waals surface area contributed by atoms with Gasteiger partial charge in [0.1, 0.15) is 11.5 Å². The van der Waals surface area contributed by atoms with Gasteiger partial charge in [0.2, 0.25) is 5.95 Å². The second-order valence-electron chi connectivity index (χ2n) is 8.01. The molecule has 2 N–H and O–H groups in total. The van der Waals surface area contributed by atoms with Crippen molar-refractivity contribution in [2.75, 3.05) is 23.3 Å². The zero-order valence-electron chi connectivity index (χ0n) is 16.6. The van der Waals surface area contributed by atoms with Crippen LogP contribution in [0.3, 0.4) is 0 Å². The van der Waals surface area contributed by atoms with Gasteiger partial charge in [-0.15, -0.1) is 0 Å². The van der Waals surface area contributed by atoms with E-state index in [1.54, 1.807) is 0 Å². The van der Waals surface area contributed by atoms with E-state index in [0.717, 1.165) is 48.3 Å². The molecule has 2 atom stereocenters. The summed E-state index contributed by atoms with van der Waals surface area (Å²) >= 11 is 0. The van der Waals surface area contributed by atoms with Gasteiger partial charge in [-0.2, -0.15) is 0 Å².